The molecule has 6 nitrogen and oxygen atoms in total. The standard InChI is InChI=1S/C11H18N2O4S/c1-7(2)13-10(14)5-9(11(13)15)12-8-3-4-18(16,17)6-8/h7-9,12H,3-6H2,1-2H3. The maximum absolute atomic E-state index is 12.0. The Balaban J connectivity index is 2.00. The monoisotopic (exact) mass is 274 g/mol. The van der Waals surface area contributed by atoms with E-state index in [9.17, 15) is 18.0 Å². The number of rotatable bonds is 3. The lowest BCUT2D eigenvalue weighted by Gasteiger charge is -2.20. The first-order chi connectivity index (χ1) is 8.30. The van der Waals surface area contributed by atoms with Crippen LogP contribution in [0.5, 0.6) is 0 Å². The molecule has 0 aliphatic carbocycles. The van der Waals surface area contributed by atoms with Crippen molar-refractivity contribution in [2.24, 2.45) is 0 Å². The van der Waals surface area contributed by atoms with Crippen LogP contribution in [0.25, 0.3) is 0 Å². The van der Waals surface area contributed by atoms with Gasteiger partial charge in [-0.3, -0.25) is 14.5 Å². The lowest BCUT2D eigenvalue weighted by molar-refractivity contribution is -0.140. The summed E-state index contributed by atoms with van der Waals surface area (Å²) in [5, 5.41) is 3.01. The van der Waals surface area contributed by atoms with Crippen LogP contribution in [-0.4, -0.2) is 54.8 Å². The first-order valence-corrected chi connectivity index (χ1v) is 7.94. The average molecular weight is 274 g/mol. The highest BCUT2D eigenvalue weighted by Crippen LogP contribution is 2.19. The molecular weight excluding hydrogens is 256 g/mol. The van der Waals surface area contributed by atoms with Crippen LogP contribution < -0.4 is 5.32 Å². The third-order valence-corrected chi connectivity index (χ3v) is 5.14. The highest BCUT2D eigenvalue weighted by molar-refractivity contribution is 7.91. The fourth-order valence-corrected chi connectivity index (χ4v) is 4.22. The fourth-order valence-electron chi connectivity index (χ4n) is 2.53. The molecule has 2 saturated heterocycles. The number of carbonyl (C=O) groups is 2. The normalized spacial score (nSPS) is 31.6. The first kappa shape index (κ1) is 13.5. The zero-order valence-corrected chi connectivity index (χ0v) is 11.4. The maximum Gasteiger partial charge on any atom is 0.247 e. The second kappa shape index (κ2) is 4.62. The van der Waals surface area contributed by atoms with Gasteiger partial charge in [0.15, 0.2) is 9.84 Å². The molecule has 0 aromatic heterocycles. The summed E-state index contributed by atoms with van der Waals surface area (Å²) >= 11 is 0. The summed E-state index contributed by atoms with van der Waals surface area (Å²) < 4.78 is 22.7. The molecule has 2 amide bonds. The second-order valence-electron chi connectivity index (χ2n) is 5.22. The Labute approximate surface area is 107 Å². The van der Waals surface area contributed by atoms with Crippen LogP contribution in [0.15, 0.2) is 0 Å². The minimum Gasteiger partial charge on any atom is -0.302 e. The Morgan fingerprint density at radius 1 is 1.33 bits per heavy atom. The number of nitrogens with one attached hydrogen (secondary N) is 1. The van der Waals surface area contributed by atoms with Crippen molar-refractivity contribution in [1.82, 2.24) is 10.2 Å². The van der Waals surface area contributed by atoms with Gasteiger partial charge in [0.2, 0.25) is 11.8 Å². The van der Waals surface area contributed by atoms with Gasteiger partial charge in [0.1, 0.15) is 0 Å². The molecule has 2 atom stereocenters. The van der Waals surface area contributed by atoms with Crippen molar-refractivity contribution < 1.29 is 18.0 Å². The van der Waals surface area contributed by atoms with Crippen LogP contribution in [0.4, 0.5) is 0 Å². The van der Waals surface area contributed by atoms with Crippen LogP contribution in [0.2, 0.25) is 0 Å². The smallest absolute Gasteiger partial charge is 0.247 e. The molecule has 0 aromatic carbocycles. The minimum absolute atomic E-state index is 0.0622. The van der Waals surface area contributed by atoms with E-state index in [2.05, 4.69) is 5.32 Å². The number of likely N-dealkylation sites (tertiary alicyclic amines) is 1. The maximum atomic E-state index is 12.0. The van der Waals surface area contributed by atoms with E-state index in [0.29, 0.717) is 6.42 Å². The second-order valence-corrected chi connectivity index (χ2v) is 7.45. The van der Waals surface area contributed by atoms with Gasteiger partial charge in [0.25, 0.3) is 0 Å². The Hall–Kier alpha value is -0.950. The van der Waals surface area contributed by atoms with Crippen molar-refractivity contribution in [2.45, 2.75) is 44.8 Å². The topological polar surface area (TPSA) is 83.6 Å². The summed E-state index contributed by atoms with van der Waals surface area (Å²) in [5.74, 6) is -0.201. The molecule has 2 aliphatic rings. The summed E-state index contributed by atoms with van der Waals surface area (Å²) in [6, 6.07) is -0.911. The molecule has 0 saturated carbocycles. The Morgan fingerprint density at radius 3 is 2.44 bits per heavy atom. The Morgan fingerprint density at radius 2 is 2.00 bits per heavy atom. The molecule has 0 bridgehead atoms. The number of amides is 2. The van der Waals surface area contributed by atoms with Crippen LogP contribution in [0.1, 0.15) is 26.7 Å². The van der Waals surface area contributed by atoms with Gasteiger partial charge in [-0.2, -0.15) is 0 Å². The number of nitrogens with zero attached hydrogens (tertiary/aromatic N) is 1. The number of hydrogen-bond acceptors (Lipinski definition) is 5. The van der Waals surface area contributed by atoms with E-state index < -0.39 is 15.9 Å². The van der Waals surface area contributed by atoms with Crippen molar-refractivity contribution in [1.29, 1.82) is 0 Å². The molecule has 2 aliphatic heterocycles. The zero-order valence-electron chi connectivity index (χ0n) is 10.5. The molecule has 0 spiro atoms. The third kappa shape index (κ3) is 2.56. The van der Waals surface area contributed by atoms with E-state index in [1.165, 1.54) is 4.90 Å². The van der Waals surface area contributed by atoms with Crippen molar-refractivity contribution in [2.75, 3.05) is 11.5 Å². The molecule has 0 radical (unpaired) electrons. The van der Waals surface area contributed by atoms with Gasteiger partial charge in [0.05, 0.1) is 24.0 Å². The number of hydrogen-bond donors (Lipinski definition) is 1. The Kier molecular flexibility index (Phi) is 3.46. The summed E-state index contributed by atoms with van der Waals surface area (Å²) in [5.41, 5.74) is 0. The number of sulfone groups is 1. The van der Waals surface area contributed by atoms with Crippen molar-refractivity contribution in [3.8, 4) is 0 Å². The lowest BCUT2D eigenvalue weighted by atomic mass is 10.2. The fraction of sp³-hybridized carbons (Fsp3) is 0.818. The quantitative estimate of drug-likeness (QED) is 0.688. The third-order valence-electron chi connectivity index (χ3n) is 3.37. The largest absolute Gasteiger partial charge is 0.302 e. The van der Waals surface area contributed by atoms with Gasteiger partial charge < -0.3 is 5.32 Å². The van der Waals surface area contributed by atoms with Gasteiger partial charge in [-0.25, -0.2) is 8.42 Å². The van der Waals surface area contributed by atoms with Crippen molar-refractivity contribution >= 4 is 21.7 Å². The Bertz CT molecular complexity index is 471. The van der Waals surface area contributed by atoms with E-state index in [0.717, 1.165) is 0 Å². The molecule has 102 valence electrons. The predicted molar refractivity (Wildman–Crippen MR) is 65.6 cm³/mol. The van der Waals surface area contributed by atoms with Crippen LogP contribution in [-0.2, 0) is 19.4 Å². The number of imide groups is 1. The van der Waals surface area contributed by atoms with E-state index in [-0.39, 0.29) is 41.8 Å². The molecule has 7 heteroatoms. The van der Waals surface area contributed by atoms with Crippen molar-refractivity contribution in [3.05, 3.63) is 0 Å². The molecule has 1 N–H and O–H groups in total. The summed E-state index contributed by atoms with van der Waals surface area (Å²) in [4.78, 5) is 24.9. The van der Waals surface area contributed by atoms with Gasteiger partial charge in [-0.05, 0) is 20.3 Å². The highest BCUT2D eigenvalue weighted by atomic mass is 32.2. The number of carbonyl (C=O) groups excluding carboxylic acids is 2. The summed E-state index contributed by atoms with van der Waals surface area (Å²) in [6.07, 6.45) is 0.648. The zero-order chi connectivity index (χ0) is 13.5. The van der Waals surface area contributed by atoms with Crippen molar-refractivity contribution in [3.63, 3.8) is 0 Å². The van der Waals surface area contributed by atoms with E-state index in [1.807, 2.05) is 0 Å². The van der Waals surface area contributed by atoms with Gasteiger partial charge >= 0.3 is 0 Å². The lowest BCUT2D eigenvalue weighted by Crippen LogP contribution is -2.45. The van der Waals surface area contributed by atoms with Gasteiger partial charge in [-0.1, -0.05) is 0 Å². The van der Waals surface area contributed by atoms with Crippen LogP contribution in [0.3, 0.4) is 0 Å². The van der Waals surface area contributed by atoms with E-state index in [1.54, 1.807) is 13.8 Å². The minimum atomic E-state index is -2.97. The van der Waals surface area contributed by atoms with Gasteiger partial charge in [-0.15, -0.1) is 0 Å². The molecular formula is C11H18N2O4S. The average Bonchev–Trinajstić information content (AvgIpc) is 2.68. The van der Waals surface area contributed by atoms with Crippen LogP contribution >= 0.6 is 0 Å². The molecule has 2 unspecified atom stereocenters. The summed E-state index contributed by atoms with van der Waals surface area (Å²) in [6.45, 7) is 3.58. The van der Waals surface area contributed by atoms with Crippen LogP contribution in [0, 0.1) is 0 Å². The molecule has 18 heavy (non-hydrogen) atoms. The highest BCUT2D eigenvalue weighted by Gasteiger charge is 2.41. The molecule has 2 rings (SSSR count). The molecule has 0 aromatic rings. The van der Waals surface area contributed by atoms with E-state index in [4.69, 9.17) is 0 Å². The van der Waals surface area contributed by atoms with E-state index >= 15 is 0 Å². The first-order valence-electron chi connectivity index (χ1n) is 6.12. The summed E-state index contributed by atoms with van der Waals surface area (Å²) in [7, 11) is -2.97. The SMILES string of the molecule is CC(C)N1C(=O)CC(NC2CCS(=O)(=O)C2)C1=O. The van der Waals surface area contributed by atoms with Gasteiger partial charge in [0, 0.05) is 12.1 Å². The molecule has 2 heterocycles. The predicted octanol–water partition coefficient (Wildman–Crippen LogP) is -0.701. The molecule has 2 fully saturated rings.